The fraction of sp³-hybridized carbons (Fsp3) is 0.211. The van der Waals surface area contributed by atoms with Crippen molar-refractivity contribution < 1.29 is 13.5 Å². The standard InChI is InChI=1S/C19H17BrF2N2O/c1-13-8-19(25-12-14-5-6-15(21)9-18(14)22)17(20)11-24(13)10-16-4-2-3-7-23-16/h2-9H,10-12H2,1H3. The molecule has 2 heterocycles. The van der Waals surface area contributed by atoms with E-state index in [1.54, 1.807) is 6.20 Å². The Kier molecular flexibility index (Phi) is 5.48. The van der Waals surface area contributed by atoms with Gasteiger partial charge >= 0.3 is 0 Å². The summed E-state index contributed by atoms with van der Waals surface area (Å²) in [5, 5.41) is 0. The summed E-state index contributed by atoms with van der Waals surface area (Å²) in [6.45, 7) is 3.36. The van der Waals surface area contributed by atoms with E-state index < -0.39 is 11.6 Å². The molecule has 1 aromatic heterocycles. The highest BCUT2D eigenvalue weighted by Crippen LogP contribution is 2.27. The predicted molar refractivity (Wildman–Crippen MR) is 95.5 cm³/mol. The highest BCUT2D eigenvalue weighted by atomic mass is 79.9. The number of hydrogen-bond donors (Lipinski definition) is 0. The van der Waals surface area contributed by atoms with Crippen molar-refractivity contribution in [2.24, 2.45) is 0 Å². The lowest BCUT2D eigenvalue weighted by Gasteiger charge is -2.29. The van der Waals surface area contributed by atoms with Gasteiger partial charge in [0.2, 0.25) is 0 Å². The van der Waals surface area contributed by atoms with E-state index in [1.807, 2.05) is 31.2 Å². The first kappa shape index (κ1) is 17.6. The van der Waals surface area contributed by atoms with Crippen LogP contribution in [0.1, 0.15) is 18.2 Å². The Bertz CT molecular complexity index is 821. The van der Waals surface area contributed by atoms with E-state index in [1.165, 1.54) is 12.1 Å². The molecule has 0 atom stereocenters. The molecule has 6 heteroatoms. The van der Waals surface area contributed by atoms with Crippen LogP contribution in [0.2, 0.25) is 0 Å². The van der Waals surface area contributed by atoms with Crippen molar-refractivity contribution in [2.45, 2.75) is 20.1 Å². The molecule has 0 amide bonds. The van der Waals surface area contributed by atoms with Crippen molar-refractivity contribution in [1.29, 1.82) is 0 Å². The first-order chi connectivity index (χ1) is 12.0. The van der Waals surface area contributed by atoms with Gasteiger partial charge in [-0.1, -0.05) is 6.07 Å². The summed E-state index contributed by atoms with van der Waals surface area (Å²) in [6, 6.07) is 9.31. The molecule has 0 aliphatic carbocycles. The molecule has 0 saturated heterocycles. The summed E-state index contributed by atoms with van der Waals surface area (Å²) in [4.78, 5) is 6.50. The maximum absolute atomic E-state index is 13.7. The van der Waals surface area contributed by atoms with Crippen LogP contribution in [-0.4, -0.2) is 16.4 Å². The third kappa shape index (κ3) is 4.45. The van der Waals surface area contributed by atoms with Gasteiger partial charge in [-0.2, -0.15) is 0 Å². The monoisotopic (exact) mass is 406 g/mol. The summed E-state index contributed by atoms with van der Waals surface area (Å²) in [7, 11) is 0. The maximum Gasteiger partial charge on any atom is 0.133 e. The van der Waals surface area contributed by atoms with Gasteiger partial charge in [0.15, 0.2) is 0 Å². The molecule has 0 radical (unpaired) electrons. The molecule has 0 unspecified atom stereocenters. The molecule has 0 bridgehead atoms. The minimum atomic E-state index is -0.606. The van der Waals surface area contributed by atoms with Crippen LogP contribution in [-0.2, 0) is 17.9 Å². The van der Waals surface area contributed by atoms with Gasteiger partial charge in [-0.15, -0.1) is 0 Å². The number of allylic oxidation sites excluding steroid dienone is 2. The highest BCUT2D eigenvalue weighted by molar-refractivity contribution is 9.11. The van der Waals surface area contributed by atoms with Crippen molar-refractivity contribution in [3.8, 4) is 0 Å². The summed E-state index contributed by atoms with van der Waals surface area (Å²) < 4.78 is 33.3. The van der Waals surface area contributed by atoms with Crippen molar-refractivity contribution in [1.82, 2.24) is 9.88 Å². The van der Waals surface area contributed by atoms with Crippen LogP contribution >= 0.6 is 15.9 Å². The molecule has 0 fully saturated rings. The van der Waals surface area contributed by atoms with Gasteiger partial charge < -0.3 is 9.64 Å². The molecule has 2 aromatic rings. The third-order valence-electron chi connectivity index (χ3n) is 3.91. The molecule has 0 spiro atoms. The van der Waals surface area contributed by atoms with Crippen LogP contribution in [0.5, 0.6) is 0 Å². The first-order valence-corrected chi connectivity index (χ1v) is 8.61. The maximum atomic E-state index is 13.7. The smallest absolute Gasteiger partial charge is 0.133 e. The van der Waals surface area contributed by atoms with Crippen molar-refractivity contribution in [2.75, 3.05) is 6.54 Å². The molecule has 0 saturated carbocycles. The zero-order valence-electron chi connectivity index (χ0n) is 13.7. The Morgan fingerprint density at radius 1 is 1.24 bits per heavy atom. The molecular weight excluding hydrogens is 390 g/mol. The molecular formula is C19H17BrF2N2O. The van der Waals surface area contributed by atoms with Crippen LogP contribution in [0.4, 0.5) is 8.78 Å². The lowest BCUT2D eigenvalue weighted by molar-refractivity contribution is 0.197. The highest BCUT2D eigenvalue weighted by Gasteiger charge is 2.18. The van der Waals surface area contributed by atoms with E-state index in [0.717, 1.165) is 21.9 Å². The minimum Gasteiger partial charge on any atom is -0.488 e. The topological polar surface area (TPSA) is 25.4 Å². The van der Waals surface area contributed by atoms with Crippen molar-refractivity contribution in [3.05, 3.63) is 87.5 Å². The van der Waals surface area contributed by atoms with Gasteiger partial charge in [0.25, 0.3) is 0 Å². The number of benzene rings is 1. The number of hydrogen-bond acceptors (Lipinski definition) is 3. The zero-order chi connectivity index (χ0) is 17.8. The van der Waals surface area contributed by atoms with E-state index in [-0.39, 0.29) is 6.61 Å². The van der Waals surface area contributed by atoms with Crippen LogP contribution in [0.15, 0.2) is 64.6 Å². The number of nitrogens with zero attached hydrogens (tertiary/aromatic N) is 2. The first-order valence-electron chi connectivity index (χ1n) is 7.81. The molecule has 1 aliphatic heterocycles. The van der Waals surface area contributed by atoms with Gasteiger partial charge in [-0.3, -0.25) is 4.98 Å². The van der Waals surface area contributed by atoms with Crippen LogP contribution in [0.3, 0.4) is 0 Å². The summed E-state index contributed by atoms with van der Waals surface area (Å²) in [5.74, 6) is -0.552. The Morgan fingerprint density at radius 2 is 2.08 bits per heavy atom. The van der Waals surface area contributed by atoms with Crippen LogP contribution in [0, 0.1) is 11.6 Å². The second kappa shape index (κ2) is 7.78. The second-order valence-corrected chi connectivity index (χ2v) is 6.71. The Hall–Kier alpha value is -2.21. The largest absolute Gasteiger partial charge is 0.488 e. The van der Waals surface area contributed by atoms with E-state index in [4.69, 9.17) is 4.74 Å². The summed E-state index contributed by atoms with van der Waals surface area (Å²) in [5.41, 5.74) is 2.33. The number of aromatic nitrogens is 1. The van der Waals surface area contributed by atoms with Crippen LogP contribution < -0.4 is 0 Å². The Labute approximate surface area is 153 Å². The van der Waals surface area contributed by atoms with E-state index in [2.05, 4.69) is 25.8 Å². The molecule has 3 nitrogen and oxygen atoms in total. The molecule has 0 N–H and O–H groups in total. The molecule has 1 aliphatic rings. The van der Waals surface area contributed by atoms with Crippen molar-refractivity contribution >= 4 is 15.9 Å². The number of ether oxygens (including phenoxy) is 1. The zero-order valence-corrected chi connectivity index (χ0v) is 15.3. The average Bonchev–Trinajstić information content (AvgIpc) is 2.59. The minimum absolute atomic E-state index is 0.0422. The lowest BCUT2D eigenvalue weighted by atomic mass is 10.2. The normalized spacial score (nSPS) is 14.6. The van der Waals surface area contributed by atoms with E-state index in [9.17, 15) is 8.78 Å². The van der Waals surface area contributed by atoms with Gasteiger partial charge in [-0.25, -0.2) is 8.78 Å². The van der Waals surface area contributed by atoms with Gasteiger partial charge in [0.05, 0.1) is 23.3 Å². The van der Waals surface area contributed by atoms with Gasteiger partial charge in [0.1, 0.15) is 24.0 Å². The Balaban J connectivity index is 1.66. The lowest BCUT2D eigenvalue weighted by Crippen LogP contribution is -2.26. The molecule has 1 aromatic carbocycles. The SMILES string of the molecule is CC1=CC(OCc2ccc(F)cc2F)=C(Br)CN1Cc1ccccn1. The fourth-order valence-corrected chi connectivity index (χ4v) is 3.04. The summed E-state index contributed by atoms with van der Waals surface area (Å²) in [6.07, 6.45) is 3.67. The van der Waals surface area contributed by atoms with Crippen LogP contribution in [0.25, 0.3) is 0 Å². The third-order valence-corrected chi connectivity index (χ3v) is 4.55. The second-order valence-electron chi connectivity index (χ2n) is 5.76. The number of rotatable bonds is 5. The Morgan fingerprint density at radius 3 is 2.80 bits per heavy atom. The average molecular weight is 407 g/mol. The quantitative estimate of drug-likeness (QED) is 0.705. The number of pyridine rings is 1. The van der Waals surface area contributed by atoms with Gasteiger partial charge in [0, 0.05) is 23.5 Å². The fourth-order valence-electron chi connectivity index (χ4n) is 2.51. The van der Waals surface area contributed by atoms with E-state index >= 15 is 0 Å². The van der Waals surface area contributed by atoms with E-state index in [0.29, 0.717) is 24.4 Å². The van der Waals surface area contributed by atoms with Crippen molar-refractivity contribution in [3.63, 3.8) is 0 Å². The number of halogens is 3. The molecule has 3 rings (SSSR count). The summed E-state index contributed by atoms with van der Waals surface area (Å²) >= 11 is 3.53. The molecule has 25 heavy (non-hydrogen) atoms. The van der Waals surface area contributed by atoms with Gasteiger partial charge in [-0.05, 0) is 53.2 Å². The molecule has 130 valence electrons. The predicted octanol–water partition coefficient (Wildman–Crippen LogP) is 4.90.